The maximum Gasteiger partial charge on any atom is 0.362 e. The van der Waals surface area contributed by atoms with Crippen molar-refractivity contribution >= 4 is 17.9 Å². The summed E-state index contributed by atoms with van der Waals surface area (Å²) in [6, 6.07) is -0.626. The fourth-order valence-corrected chi connectivity index (χ4v) is 7.31. The van der Waals surface area contributed by atoms with E-state index in [-0.39, 0.29) is 42.7 Å². The van der Waals surface area contributed by atoms with Crippen molar-refractivity contribution in [2.45, 2.75) is 225 Å². The van der Waals surface area contributed by atoms with E-state index in [0.29, 0.717) is 19.3 Å². The Morgan fingerprint density at radius 2 is 0.903 bits per heavy atom. The molecule has 8 heteroatoms. The van der Waals surface area contributed by atoms with Gasteiger partial charge in [0.05, 0.1) is 34.4 Å². The molecule has 2 unspecified atom stereocenters. The average molecular weight is 871 g/mol. The van der Waals surface area contributed by atoms with Crippen LogP contribution in [-0.2, 0) is 28.6 Å². The van der Waals surface area contributed by atoms with E-state index in [2.05, 4.69) is 74.6 Å². The molecule has 0 aliphatic carbocycles. The number of unbranched alkanes of at least 4 members (excludes halogenated alkanes) is 21. The number of carboxylic acid groups (broad SMARTS) is 1. The molecular formula is C54H96NO7+. The average Bonchev–Trinajstić information content (AvgIpc) is 3.23. The number of carbonyl (C=O) groups is 3. The Kier molecular flexibility index (Phi) is 42.5. The molecule has 0 heterocycles. The Labute approximate surface area is 381 Å². The number of carbonyl (C=O) groups excluding carboxylic acids is 2. The zero-order valence-corrected chi connectivity index (χ0v) is 40.8. The van der Waals surface area contributed by atoms with Crippen LogP contribution in [-0.4, -0.2) is 80.6 Å². The largest absolute Gasteiger partial charge is 0.477 e. The highest BCUT2D eigenvalue weighted by Gasteiger charge is 2.31. The number of rotatable bonds is 45. The molecule has 0 saturated carbocycles. The number of quaternary nitrogens is 1. The monoisotopic (exact) mass is 871 g/mol. The number of allylic oxidation sites excluding steroid dienone is 10. The number of ether oxygens (including phenoxy) is 3. The molecule has 0 bridgehead atoms. The first kappa shape index (κ1) is 59.0. The van der Waals surface area contributed by atoms with Gasteiger partial charge in [0.15, 0.2) is 12.1 Å². The van der Waals surface area contributed by atoms with Crippen LogP contribution in [0.5, 0.6) is 0 Å². The first-order valence-corrected chi connectivity index (χ1v) is 25.3. The van der Waals surface area contributed by atoms with Crippen LogP contribution in [0.15, 0.2) is 60.8 Å². The summed E-state index contributed by atoms with van der Waals surface area (Å²) in [6.07, 6.45) is 55.7. The topological polar surface area (TPSA) is 99.1 Å². The van der Waals surface area contributed by atoms with E-state index >= 15 is 0 Å². The minimum atomic E-state index is -0.884. The van der Waals surface area contributed by atoms with E-state index in [1.54, 1.807) is 0 Å². The minimum Gasteiger partial charge on any atom is -0.477 e. The molecular weight excluding hydrogens is 775 g/mol. The van der Waals surface area contributed by atoms with Gasteiger partial charge in [0.25, 0.3) is 0 Å². The van der Waals surface area contributed by atoms with Gasteiger partial charge in [0.2, 0.25) is 0 Å². The second-order valence-corrected chi connectivity index (χ2v) is 18.1. The van der Waals surface area contributed by atoms with Crippen LogP contribution in [0.2, 0.25) is 0 Å². The van der Waals surface area contributed by atoms with Gasteiger partial charge >= 0.3 is 17.9 Å². The van der Waals surface area contributed by atoms with Crippen LogP contribution in [0, 0.1) is 0 Å². The van der Waals surface area contributed by atoms with Gasteiger partial charge < -0.3 is 23.8 Å². The normalized spacial score (nSPS) is 13.4. The van der Waals surface area contributed by atoms with Crippen LogP contribution >= 0.6 is 0 Å². The molecule has 0 fully saturated rings. The molecule has 0 spiro atoms. The molecule has 2 atom stereocenters. The number of nitrogens with zero attached hydrogens (tertiary/aromatic N) is 1. The minimum absolute atomic E-state index is 0.0383. The Morgan fingerprint density at radius 1 is 0.500 bits per heavy atom. The molecule has 8 nitrogen and oxygen atoms in total. The maximum atomic E-state index is 12.7. The fraction of sp³-hybridized carbons (Fsp3) is 0.759. The molecule has 1 N–H and O–H groups in total. The van der Waals surface area contributed by atoms with E-state index in [1.807, 2.05) is 21.1 Å². The fourth-order valence-electron chi connectivity index (χ4n) is 7.31. The number of hydrogen-bond acceptors (Lipinski definition) is 6. The van der Waals surface area contributed by atoms with Gasteiger partial charge in [-0.05, 0) is 51.4 Å². The van der Waals surface area contributed by atoms with Gasteiger partial charge in [0.1, 0.15) is 6.61 Å². The summed E-state index contributed by atoms with van der Waals surface area (Å²) in [4.78, 5) is 37.1. The second kappa shape index (κ2) is 44.6. The van der Waals surface area contributed by atoms with E-state index < -0.39 is 18.1 Å². The lowest BCUT2D eigenvalue weighted by Crippen LogP contribution is -2.50. The SMILES string of the molecule is CC/C=C\C/C=C\C/C=C\C/C=C\C/C=C\CCCC(=O)OC(COCCC(C(=O)O)[N+](C)(C)C)COC(=O)CCCCCCCCCCCCCCCCCCCCCCC. The zero-order valence-electron chi connectivity index (χ0n) is 40.8. The van der Waals surface area contributed by atoms with Crippen molar-refractivity contribution < 1.29 is 38.2 Å². The molecule has 0 aromatic rings. The molecule has 358 valence electrons. The summed E-state index contributed by atoms with van der Waals surface area (Å²) in [7, 11) is 5.51. The van der Waals surface area contributed by atoms with Gasteiger partial charge in [-0.1, -0.05) is 203 Å². The predicted molar refractivity (Wildman–Crippen MR) is 261 cm³/mol. The highest BCUT2D eigenvalue weighted by atomic mass is 16.6. The Bertz CT molecular complexity index is 1200. The Balaban J connectivity index is 4.29. The first-order chi connectivity index (χ1) is 30.1. The lowest BCUT2D eigenvalue weighted by molar-refractivity contribution is -0.887. The molecule has 0 aromatic heterocycles. The van der Waals surface area contributed by atoms with E-state index in [1.165, 1.54) is 116 Å². The highest BCUT2D eigenvalue weighted by Crippen LogP contribution is 2.16. The number of carboxylic acids is 1. The van der Waals surface area contributed by atoms with E-state index in [9.17, 15) is 19.5 Å². The highest BCUT2D eigenvalue weighted by molar-refractivity contribution is 5.72. The van der Waals surface area contributed by atoms with Crippen molar-refractivity contribution in [1.29, 1.82) is 0 Å². The summed E-state index contributed by atoms with van der Waals surface area (Å²) in [5, 5.41) is 9.64. The first-order valence-electron chi connectivity index (χ1n) is 25.3. The van der Waals surface area contributed by atoms with Crippen LogP contribution in [0.1, 0.15) is 213 Å². The van der Waals surface area contributed by atoms with Gasteiger partial charge in [0, 0.05) is 19.3 Å². The number of aliphatic carboxylic acids is 1. The molecule has 0 aliphatic rings. The van der Waals surface area contributed by atoms with E-state index in [4.69, 9.17) is 14.2 Å². The predicted octanol–water partition coefficient (Wildman–Crippen LogP) is 14.5. The smallest absolute Gasteiger partial charge is 0.362 e. The standard InChI is InChI=1S/C54H95NO7/c1-6-8-10-12-14-16-18-20-22-24-25-26-27-29-30-32-34-36-38-40-42-44-52(56)61-49-50(48-60-47-46-51(54(58)59)55(3,4)5)62-53(57)45-43-41-39-37-35-33-31-28-23-21-19-17-15-13-11-9-7-2/h9,11,15,17,21,23,31,33,37,39,50-51H,6-8,10,12-14,16,18-20,22,24-30,32,34-36,38,40-49H2,1-5H3/p+1/b11-9-,17-15-,23-21-,33-31-,39-37-. The molecule has 0 rings (SSSR count). The second-order valence-electron chi connectivity index (χ2n) is 18.1. The van der Waals surface area contributed by atoms with E-state index in [0.717, 1.165) is 57.8 Å². The van der Waals surface area contributed by atoms with Crippen molar-refractivity contribution in [2.24, 2.45) is 0 Å². The van der Waals surface area contributed by atoms with Crippen LogP contribution in [0.4, 0.5) is 0 Å². The van der Waals surface area contributed by atoms with Gasteiger partial charge in [-0.3, -0.25) is 9.59 Å². The summed E-state index contributed by atoms with van der Waals surface area (Å²) in [5.74, 6) is -1.54. The summed E-state index contributed by atoms with van der Waals surface area (Å²) in [6.45, 7) is 4.58. The quantitative estimate of drug-likeness (QED) is 0.0282. The summed E-state index contributed by atoms with van der Waals surface area (Å²) in [5.41, 5.74) is 0. The van der Waals surface area contributed by atoms with Crippen LogP contribution in [0.3, 0.4) is 0 Å². The third-order valence-corrected chi connectivity index (χ3v) is 11.2. The van der Waals surface area contributed by atoms with Crippen molar-refractivity contribution in [2.75, 3.05) is 41.0 Å². The Hall–Kier alpha value is -2.97. The van der Waals surface area contributed by atoms with Gasteiger partial charge in [-0.25, -0.2) is 4.79 Å². The molecule has 0 aliphatic heterocycles. The number of hydrogen-bond donors (Lipinski definition) is 1. The lowest BCUT2D eigenvalue weighted by Gasteiger charge is -2.31. The van der Waals surface area contributed by atoms with Gasteiger partial charge in [-0.2, -0.15) is 0 Å². The summed E-state index contributed by atoms with van der Waals surface area (Å²) < 4.78 is 17.3. The van der Waals surface area contributed by atoms with Crippen LogP contribution < -0.4 is 0 Å². The lowest BCUT2D eigenvalue weighted by atomic mass is 10.0. The molecule has 0 aromatic carbocycles. The number of esters is 2. The molecule has 0 radical (unpaired) electrons. The van der Waals surface area contributed by atoms with Crippen molar-refractivity contribution in [3.8, 4) is 0 Å². The van der Waals surface area contributed by atoms with Gasteiger partial charge in [-0.15, -0.1) is 0 Å². The third-order valence-electron chi connectivity index (χ3n) is 11.2. The van der Waals surface area contributed by atoms with Crippen molar-refractivity contribution in [3.63, 3.8) is 0 Å². The third kappa shape index (κ3) is 42.3. The Morgan fingerprint density at radius 3 is 1.32 bits per heavy atom. The zero-order chi connectivity index (χ0) is 45.6. The molecule has 0 amide bonds. The maximum absolute atomic E-state index is 12.7. The number of likely N-dealkylation sites (N-methyl/N-ethyl adjacent to an activating group) is 1. The van der Waals surface area contributed by atoms with Crippen molar-refractivity contribution in [1.82, 2.24) is 0 Å². The molecule has 0 saturated heterocycles. The van der Waals surface area contributed by atoms with Crippen molar-refractivity contribution in [3.05, 3.63) is 60.8 Å². The van der Waals surface area contributed by atoms with Crippen LogP contribution in [0.25, 0.3) is 0 Å². The molecule has 62 heavy (non-hydrogen) atoms. The summed E-state index contributed by atoms with van der Waals surface area (Å²) >= 11 is 0.